The second-order valence-electron chi connectivity index (χ2n) is 8.66. The van der Waals surface area contributed by atoms with Gasteiger partial charge in [0, 0.05) is 23.8 Å². The summed E-state index contributed by atoms with van der Waals surface area (Å²) >= 11 is 6.34. The number of rotatable bonds is 9. The first-order valence-electron chi connectivity index (χ1n) is 12.0. The van der Waals surface area contributed by atoms with E-state index >= 15 is 0 Å². The smallest absolute Gasteiger partial charge is 0.146 e. The zero-order valence-electron chi connectivity index (χ0n) is 19.9. The van der Waals surface area contributed by atoms with E-state index in [4.69, 9.17) is 16.6 Å². The molecule has 7 heteroatoms. The molecule has 3 unspecified atom stereocenters. The van der Waals surface area contributed by atoms with E-state index in [1.807, 2.05) is 31.2 Å². The van der Waals surface area contributed by atoms with E-state index in [1.54, 1.807) is 12.4 Å². The minimum atomic E-state index is -0.250. The molecule has 1 aliphatic carbocycles. The van der Waals surface area contributed by atoms with E-state index in [-0.39, 0.29) is 18.2 Å². The normalized spacial score (nSPS) is 18.5. The van der Waals surface area contributed by atoms with Gasteiger partial charge in [-0.1, -0.05) is 44.0 Å². The maximum atomic E-state index is 9.91. The summed E-state index contributed by atoms with van der Waals surface area (Å²) in [5.41, 5.74) is 1.19. The van der Waals surface area contributed by atoms with Crippen molar-refractivity contribution in [2.24, 2.45) is 0 Å². The van der Waals surface area contributed by atoms with Crippen molar-refractivity contribution in [1.82, 2.24) is 15.0 Å². The van der Waals surface area contributed by atoms with Gasteiger partial charge < -0.3 is 15.3 Å². The number of aryl methyl sites for hydroxylation is 1. The van der Waals surface area contributed by atoms with Crippen LogP contribution in [0.25, 0.3) is 0 Å². The van der Waals surface area contributed by atoms with E-state index in [2.05, 4.69) is 46.2 Å². The largest absolute Gasteiger partial charge is 0.393 e. The number of hydrogen-bond acceptors (Lipinski definition) is 6. The number of nitrogens with zero attached hydrogens (tertiary/aromatic N) is 4. The minimum absolute atomic E-state index is 0.164. The molecule has 0 saturated heterocycles. The first-order valence-corrected chi connectivity index (χ1v) is 12.4. The monoisotopic (exact) mass is 469 g/mol. The maximum Gasteiger partial charge on any atom is 0.146 e. The van der Waals surface area contributed by atoms with Gasteiger partial charge in [-0.2, -0.15) is 0 Å². The SMILES string of the molecule is CCCC(c1cccc(Cl)c1)N(CCC)c1cccnc(C)nc(NC2CCC(O)C2)cn1. The zero-order valence-corrected chi connectivity index (χ0v) is 20.7. The Kier molecular flexibility index (Phi) is 9.70. The maximum absolute atomic E-state index is 9.91. The zero-order chi connectivity index (χ0) is 23.6. The molecule has 33 heavy (non-hydrogen) atoms. The summed E-state index contributed by atoms with van der Waals surface area (Å²) in [5, 5.41) is 14.1. The van der Waals surface area contributed by atoms with Crippen LogP contribution in [-0.2, 0) is 0 Å². The molecule has 3 rings (SSSR count). The number of aliphatic hydroxyl groups is 1. The van der Waals surface area contributed by atoms with Crippen LogP contribution in [-0.4, -0.2) is 38.7 Å². The first kappa shape index (κ1) is 25.2. The predicted octanol–water partition coefficient (Wildman–Crippen LogP) is 6.04. The summed E-state index contributed by atoms with van der Waals surface area (Å²) in [4.78, 5) is 16.3. The highest BCUT2D eigenvalue weighted by atomic mass is 35.5. The Labute approximate surface area is 202 Å². The summed E-state index contributed by atoms with van der Waals surface area (Å²) in [6, 6.07) is 12.4. The molecule has 1 heterocycles. The quantitative estimate of drug-likeness (QED) is 0.466. The van der Waals surface area contributed by atoms with E-state index < -0.39 is 0 Å². The standard InChI is InChI=1S/C26H36ClN5O/c1-4-8-24(20-9-6-10-21(27)16-20)32(15-5-2)26-11-7-14-28-19(3)30-25(18-29-26)31-22-12-13-23(33)17-22/h6-7,9-11,14,16,18,22-24,33H,4-5,8,12-13,15,17H2,1-3H3,(H,28,30,31). The lowest BCUT2D eigenvalue weighted by atomic mass is 10.00. The van der Waals surface area contributed by atoms with E-state index in [9.17, 15) is 5.11 Å². The molecule has 0 bridgehead atoms. The molecule has 1 saturated carbocycles. The van der Waals surface area contributed by atoms with Crippen molar-refractivity contribution >= 4 is 23.2 Å². The number of aliphatic hydroxyl groups excluding tert-OH is 1. The van der Waals surface area contributed by atoms with Crippen LogP contribution in [0.2, 0.25) is 5.02 Å². The highest BCUT2D eigenvalue weighted by Gasteiger charge is 2.23. The van der Waals surface area contributed by atoms with Crippen molar-refractivity contribution in [3.63, 3.8) is 0 Å². The number of anilines is 2. The van der Waals surface area contributed by atoms with Crippen molar-refractivity contribution in [3.05, 3.63) is 65.2 Å². The van der Waals surface area contributed by atoms with Gasteiger partial charge in [-0.05, 0) is 68.9 Å². The molecule has 0 radical (unpaired) electrons. The highest BCUT2D eigenvalue weighted by molar-refractivity contribution is 6.30. The van der Waals surface area contributed by atoms with Crippen molar-refractivity contribution in [3.8, 4) is 0 Å². The van der Waals surface area contributed by atoms with Crippen molar-refractivity contribution in [1.29, 1.82) is 0 Å². The fourth-order valence-corrected chi connectivity index (χ4v) is 4.58. The highest BCUT2D eigenvalue weighted by Crippen LogP contribution is 2.31. The van der Waals surface area contributed by atoms with E-state index in [0.717, 1.165) is 55.9 Å². The third-order valence-electron chi connectivity index (χ3n) is 5.88. The summed E-state index contributed by atoms with van der Waals surface area (Å²) in [7, 11) is 0. The van der Waals surface area contributed by atoms with Crippen molar-refractivity contribution in [2.75, 3.05) is 16.8 Å². The van der Waals surface area contributed by atoms with Crippen LogP contribution in [0.1, 0.15) is 69.8 Å². The third kappa shape index (κ3) is 7.54. The Hall–Kier alpha value is -2.44. The molecule has 1 aliphatic rings. The average molecular weight is 470 g/mol. The molecular formula is C26H36ClN5O. The second kappa shape index (κ2) is 12.7. The topological polar surface area (TPSA) is 74.2 Å². The van der Waals surface area contributed by atoms with Gasteiger partial charge in [0.05, 0.1) is 18.3 Å². The number of halogens is 1. The Morgan fingerprint density at radius 1 is 1.15 bits per heavy atom. The van der Waals surface area contributed by atoms with Crippen LogP contribution < -0.4 is 10.2 Å². The van der Waals surface area contributed by atoms with Gasteiger partial charge in [0.15, 0.2) is 0 Å². The number of benzene rings is 1. The Balaban J connectivity index is 2.02. The minimum Gasteiger partial charge on any atom is -0.393 e. The van der Waals surface area contributed by atoms with Crippen LogP contribution in [0, 0.1) is 6.92 Å². The second-order valence-corrected chi connectivity index (χ2v) is 9.10. The average Bonchev–Trinajstić information content (AvgIpc) is 3.20. The molecule has 0 aliphatic heterocycles. The summed E-state index contributed by atoms with van der Waals surface area (Å²) in [5.74, 6) is 2.19. The predicted molar refractivity (Wildman–Crippen MR) is 136 cm³/mol. The molecule has 1 fully saturated rings. The summed E-state index contributed by atoms with van der Waals surface area (Å²) < 4.78 is 0. The number of nitrogens with one attached hydrogen (secondary N) is 1. The van der Waals surface area contributed by atoms with Gasteiger partial charge >= 0.3 is 0 Å². The Morgan fingerprint density at radius 2 is 2.00 bits per heavy atom. The van der Waals surface area contributed by atoms with Crippen LogP contribution in [0.4, 0.5) is 11.6 Å². The summed E-state index contributed by atoms with van der Waals surface area (Å²) in [6.45, 7) is 7.12. The van der Waals surface area contributed by atoms with E-state index in [0.29, 0.717) is 11.6 Å². The molecule has 0 amide bonds. The number of aromatic nitrogens is 3. The van der Waals surface area contributed by atoms with E-state index in [1.165, 1.54) is 5.56 Å². The summed E-state index contributed by atoms with van der Waals surface area (Å²) in [6.07, 6.45) is 8.79. The van der Waals surface area contributed by atoms with Gasteiger partial charge in [0.25, 0.3) is 0 Å². The van der Waals surface area contributed by atoms with Crippen LogP contribution in [0.5, 0.6) is 0 Å². The fourth-order valence-electron chi connectivity index (χ4n) is 4.38. The lowest BCUT2D eigenvalue weighted by Crippen LogP contribution is -2.30. The lowest BCUT2D eigenvalue weighted by molar-refractivity contribution is 0.182. The van der Waals surface area contributed by atoms with Gasteiger partial charge in [-0.15, -0.1) is 0 Å². The Bertz CT molecular complexity index is 955. The van der Waals surface area contributed by atoms with Crippen molar-refractivity contribution in [2.45, 2.75) is 77.5 Å². The molecular weight excluding hydrogens is 434 g/mol. The van der Waals surface area contributed by atoms with Crippen molar-refractivity contribution < 1.29 is 5.11 Å². The molecule has 2 aromatic rings. The van der Waals surface area contributed by atoms with Gasteiger partial charge in [0.2, 0.25) is 0 Å². The lowest BCUT2D eigenvalue weighted by Gasteiger charge is -2.33. The van der Waals surface area contributed by atoms with Gasteiger partial charge in [0.1, 0.15) is 17.5 Å². The fraction of sp³-hybridized carbons (Fsp3) is 0.500. The molecule has 1 aromatic heterocycles. The van der Waals surface area contributed by atoms with Crippen LogP contribution in [0.3, 0.4) is 0 Å². The van der Waals surface area contributed by atoms with Crippen LogP contribution >= 0.6 is 11.6 Å². The van der Waals surface area contributed by atoms with Gasteiger partial charge in [-0.25, -0.2) is 15.0 Å². The van der Waals surface area contributed by atoms with Crippen LogP contribution in [0.15, 0.2) is 48.8 Å². The molecule has 3 atom stereocenters. The number of hydrogen-bond donors (Lipinski definition) is 2. The molecule has 6 nitrogen and oxygen atoms in total. The molecule has 0 spiro atoms. The van der Waals surface area contributed by atoms with Gasteiger partial charge in [-0.3, -0.25) is 0 Å². The molecule has 178 valence electrons. The Morgan fingerprint density at radius 3 is 2.70 bits per heavy atom. The first-order chi connectivity index (χ1) is 16.0. The molecule has 2 N–H and O–H groups in total. The third-order valence-corrected chi connectivity index (χ3v) is 6.12. The molecule has 1 aromatic carbocycles.